The van der Waals surface area contributed by atoms with Crippen LogP contribution in [0.1, 0.15) is 27.8 Å². The van der Waals surface area contributed by atoms with Gasteiger partial charge in [-0.3, -0.25) is 0 Å². The maximum Gasteiger partial charge on any atom is 0.135 e. The summed E-state index contributed by atoms with van der Waals surface area (Å²) < 4.78 is 12.3. The Labute approximate surface area is 311 Å². The number of aryl methyl sites for hydroxylation is 1. The van der Waals surface area contributed by atoms with Gasteiger partial charge < -0.3 is 9.47 Å². The predicted octanol–water partition coefficient (Wildman–Crippen LogP) is 13.2. The molecule has 1 aliphatic carbocycles. The van der Waals surface area contributed by atoms with Crippen molar-refractivity contribution in [2.24, 2.45) is 0 Å². The highest BCUT2D eigenvalue weighted by Crippen LogP contribution is 2.56. The third kappa shape index (κ3) is 5.60. The molecule has 0 bridgehead atoms. The molecular weight excluding hydrogens is 645 g/mol. The normalized spacial score (nSPS) is 12.5. The molecule has 1 aliphatic rings. The maximum atomic E-state index is 6.78. The van der Waals surface area contributed by atoms with Crippen LogP contribution in [0.4, 0.5) is 0 Å². The number of fused-ring (bicyclic) bond motifs is 3. The molecule has 0 N–H and O–H groups in total. The Morgan fingerprint density at radius 2 is 0.849 bits per heavy atom. The number of benzene rings is 8. The van der Waals surface area contributed by atoms with Gasteiger partial charge in [0.1, 0.15) is 17.2 Å². The van der Waals surface area contributed by atoms with Gasteiger partial charge in [0, 0.05) is 5.56 Å². The van der Waals surface area contributed by atoms with Gasteiger partial charge in [0.05, 0.1) is 12.5 Å². The van der Waals surface area contributed by atoms with Crippen LogP contribution < -0.4 is 9.47 Å². The van der Waals surface area contributed by atoms with Crippen LogP contribution in [-0.4, -0.2) is 7.11 Å². The van der Waals surface area contributed by atoms with Crippen molar-refractivity contribution in [1.82, 2.24) is 0 Å². The summed E-state index contributed by atoms with van der Waals surface area (Å²) >= 11 is 0. The highest BCUT2D eigenvalue weighted by atomic mass is 16.5. The topological polar surface area (TPSA) is 18.5 Å². The fraction of sp³-hybridized carbons (Fsp3) is 0.0588. The maximum absolute atomic E-state index is 6.78. The Morgan fingerprint density at radius 3 is 1.42 bits per heavy atom. The Bertz CT molecular complexity index is 2510. The zero-order valence-electron chi connectivity index (χ0n) is 29.8. The lowest BCUT2D eigenvalue weighted by Gasteiger charge is -2.34. The van der Waals surface area contributed by atoms with Gasteiger partial charge in [-0.2, -0.15) is 0 Å². The van der Waals surface area contributed by atoms with E-state index in [-0.39, 0.29) is 0 Å². The Morgan fingerprint density at radius 1 is 0.377 bits per heavy atom. The minimum atomic E-state index is -0.499. The van der Waals surface area contributed by atoms with E-state index in [1.165, 1.54) is 55.6 Å². The van der Waals surface area contributed by atoms with Gasteiger partial charge in [0.2, 0.25) is 0 Å². The molecule has 0 amide bonds. The van der Waals surface area contributed by atoms with Crippen molar-refractivity contribution in [2.75, 3.05) is 7.11 Å². The first-order valence-corrected chi connectivity index (χ1v) is 18.1. The minimum Gasteiger partial charge on any atom is -0.497 e. The van der Waals surface area contributed by atoms with Crippen LogP contribution in [0.5, 0.6) is 17.2 Å². The summed E-state index contributed by atoms with van der Waals surface area (Å²) in [5.74, 6) is 2.43. The zero-order chi connectivity index (χ0) is 35.8. The first-order chi connectivity index (χ1) is 26.1. The van der Waals surface area contributed by atoms with Crippen molar-refractivity contribution in [3.63, 3.8) is 0 Å². The predicted molar refractivity (Wildman–Crippen MR) is 218 cm³/mol. The highest BCUT2D eigenvalue weighted by Gasteiger charge is 2.45. The van der Waals surface area contributed by atoms with Gasteiger partial charge in [0.15, 0.2) is 0 Å². The molecule has 0 saturated carbocycles. The van der Waals surface area contributed by atoms with E-state index in [9.17, 15) is 0 Å². The molecule has 0 unspecified atom stereocenters. The number of hydrogen-bond acceptors (Lipinski definition) is 2. The van der Waals surface area contributed by atoms with E-state index in [1.807, 2.05) is 0 Å². The Balaban J connectivity index is 1.12. The lowest BCUT2D eigenvalue weighted by Crippen LogP contribution is -2.28. The van der Waals surface area contributed by atoms with E-state index in [4.69, 9.17) is 9.47 Å². The molecular formula is C51H38O2. The Hall–Kier alpha value is -6.64. The molecule has 0 aromatic heterocycles. The summed E-state index contributed by atoms with van der Waals surface area (Å²) in [5, 5.41) is 0. The van der Waals surface area contributed by atoms with E-state index in [0.717, 1.165) is 33.9 Å². The van der Waals surface area contributed by atoms with E-state index >= 15 is 0 Å². The van der Waals surface area contributed by atoms with Crippen LogP contribution >= 0.6 is 0 Å². The number of methoxy groups -OCH3 is 1. The van der Waals surface area contributed by atoms with Crippen molar-refractivity contribution in [1.29, 1.82) is 0 Å². The monoisotopic (exact) mass is 682 g/mol. The van der Waals surface area contributed by atoms with Crippen molar-refractivity contribution in [2.45, 2.75) is 12.3 Å². The van der Waals surface area contributed by atoms with Gasteiger partial charge in [-0.25, -0.2) is 0 Å². The summed E-state index contributed by atoms with van der Waals surface area (Å²) in [4.78, 5) is 0. The van der Waals surface area contributed by atoms with Gasteiger partial charge in [-0.05, 0) is 116 Å². The highest BCUT2D eigenvalue weighted by molar-refractivity contribution is 5.86. The van der Waals surface area contributed by atoms with E-state index in [1.54, 1.807) is 7.11 Å². The quantitative estimate of drug-likeness (QED) is 0.159. The summed E-state index contributed by atoms with van der Waals surface area (Å²) in [6.07, 6.45) is 0. The molecule has 9 rings (SSSR count). The van der Waals surface area contributed by atoms with Crippen LogP contribution in [-0.2, 0) is 5.41 Å². The molecule has 0 radical (unpaired) electrons. The lowest BCUT2D eigenvalue weighted by molar-refractivity contribution is 0.414. The molecule has 254 valence electrons. The van der Waals surface area contributed by atoms with Gasteiger partial charge >= 0.3 is 0 Å². The van der Waals surface area contributed by atoms with Crippen LogP contribution in [0.15, 0.2) is 194 Å². The first kappa shape index (κ1) is 32.3. The molecule has 0 heterocycles. The average Bonchev–Trinajstić information content (AvgIpc) is 3.53. The minimum absolute atomic E-state index is 0.499. The second-order valence-corrected chi connectivity index (χ2v) is 13.7. The van der Waals surface area contributed by atoms with Gasteiger partial charge in [-0.15, -0.1) is 0 Å². The molecule has 8 aromatic rings. The smallest absolute Gasteiger partial charge is 0.135 e. The Kier molecular flexibility index (Phi) is 8.21. The van der Waals surface area contributed by atoms with E-state index in [0.29, 0.717) is 0 Å². The largest absolute Gasteiger partial charge is 0.497 e. The molecule has 0 spiro atoms. The molecule has 0 saturated heterocycles. The first-order valence-electron chi connectivity index (χ1n) is 18.1. The second kappa shape index (κ2) is 13.5. The summed E-state index contributed by atoms with van der Waals surface area (Å²) in [5.41, 5.74) is 15.1. The third-order valence-electron chi connectivity index (χ3n) is 10.7. The molecule has 0 atom stereocenters. The molecule has 8 aromatic carbocycles. The van der Waals surface area contributed by atoms with Crippen molar-refractivity contribution >= 4 is 0 Å². The summed E-state index contributed by atoms with van der Waals surface area (Å²) in [6, 6.07) is 69.1. The SMILES string of the molecule is COc1ccc(C2(c3ccc(Oc4ccc(-c5ccc(C)c(-c6ccccc6)c5)cc4-c4ccccc4)cc3)c3ccccc3-c3ccccc32)cc1. The van der Waals surface area contributed by atoms with E-state index < -0.39 is 5.41 Å². The standard InChI is InChI=1S/C51H38O2/c1-35-21-22-38(33-46(35)36-13-5-3-6-14-36)39-23-32-50(47(34-39)37-15-7-4-8-16-37)53-43-30-26-41(27-31-43)51(40-24-28-42(52-2)29-25-40)48-19-11-9-17-44(48)45-18-10-12-20-49(45)51/h3-34H,1-2H3. The number of rotatable bonds is 8. The summed E-state index contributed by atoms with van der Waals surface area (Å²) in [7, 11) is 1.71. The van der Waals surface area contributed by atoms with Crippen LogP contribution in [0.25, 0.3) is 44.5 Å². The number of hydrogen-bond donors (Lipinski definition) is 0. The second-order valence-electron chi connectivity index (χ2n) is 13.7. The molecule has 2 nitrogen and oxygen atoms in total. The van der Waals surface area contributed by atoms with Crippen LogP contribution in [0.3, 0.4) is 0 Å². The number of ether oxygens (including phenoxy) is 2. The van der Waals surface area contributed by atoms with E-state index in [2.05, 4.69) is 201 Å². The fourth-order valence-electron chi connectivity index (χ4n) is 8.14. The molecule has 53 heavy (non-hydrogen) atoms. The molecule has 0 aliphatic heterocycles. The lowest BCUT2D eigenvalue weighted by atomic mass is 9.68. The summed E-state index contributed by atoms with van der Waals surface area (Å²) in [6.45, 7) is 2.17. The van der Waals surface area contributed by atoms with Gasteiger partial charge in [-0.1, -0.05) is 152 Å². The molecule has 2 heteroatoms. The fourth-order valence-corrected chi connectivity index (χ4v) is 8.14. The van der Waals surface area contributed by atoms with Crippen molar-refractivity contribution in [3.05, 3.63) is 222 Å². The van der Waals surface area contributed by atoms with Gasteiger partial charge in [0.25, 0.3) is 0 Å². The van der Waals surface area contributed by atoms with Crippen molar-refractivity contribution in [3.8, 4) is 61.8 Å². The average molecular weight is 683 g/mol. The third-order valence-corrected chi connectivity index (χ3v) is 10.7. The van der Waals surface area contributed by atoms with Crippen LogP contribution in [0, 0.1) is 6.92 Å². The molecule has 0 fully saturated rings. The van der Waals surface area contributed by atoms with Crippen molar-refractivity contribution < 1.29 is 9.47 Å². The zero-order valence-corrected chi connectivity index (χ0v) is 29.8. The van der Waals surface area contributed by atoms with Crippen LogP contribution in [0.2, 0.25) is 0 Å².